The Morgan fingerprint density at radius 1 is 0.818 bits per heavy atom. The van der Waals surface area contributed by atoms with Crippen molar-refractivity contribution in [3.8, 4) is 17.2 Å². The summed E-state index contributed by atoms with van der Waals surface area (Å²) >= 11 is 0. The Bertz CT molecular complexity index is 1010. The maximum Gasteiger partial charge on any atom is 0.327 e. The van der Waals surface area contributed by atoms with Crippen LogP contribution in [0.15, 0.2) is 42.5 Å². The van der Waals surface area contributed by atoms with E-state index in [1.54, 1.807) is 39.3 Å². The number of nitrogens with zero attached hydrogens (tertiary/aromatic N) is 3. The largest absolute Gasteiger partial charge is 0.497 e. The zero-order chi connectivity index (χ0) is 23.6. The minimum Gasteiger partial charge on any atom is -0.497 e. The fourth-order valence-electron chi connectivity index (χ4n) is 4.78. The topological polar surface area (TPSA) is 71.5 Å². The number of ether oxygens (including phenoxy) is 3. The minimum absolute atomic E-state index is 0.127. The third-order valence-electron chi connectivity index (χ3n) is 6.78. The number of urea groups is 1. The summed E-state index contributed by atoms with van der Waals surface area (Å²) in [5.41, 5.74) is 1.17. The summed E-state index contributed by atoms with van der Waals surface area (Å²) in [5.74, 6) is 1.95. The first-order chi connectivity index (χ1) is 15.9. The summed E-state index contributed by atoms with van der Waals surface area (Å²) in [7, 11) is 6.55. The molecule has 0 aromatic heterocycles. The molecule has 33 heavy (non-hydrogen) atoms. The van der Waals surface area contributed by atoms with E-state index in [2.05, 4.69) is 11.0 Å². The van der Waals surface area contributed by atoms with Crippen LogP contribution in [0.5, 0.6) is 17.2 Å². The number of likely N-dealkylation sites (N-methyl/N-ethyl adjacent to an activating group) is 1. The maximum absolute atomic E-state index is 13.5. The zero-order valence-electron chi connectivity index (χ0n) is 19.7. The van der Waals surface area contributed by atoms with Crippen molar-refractivity contribution < 1.29 is 23.8 Å². The van der Waals surface area contributed by atoms with Gasteiger partial charge in [0.05, 0.1) is 27.9 Å². The fourth-order valence-corrected chi connectivity index (χ4v) is 4.78. The molecule has 4 rings (SSSR count). The number of piperidine rings is 1. The lowest BCUT2D eigenvalue weighted by Gasteiger charge is -2.40. The first kappa shape index (κ1) is 22.9. The van der Waals surface area contributed by atoms with Crippen molar-refractivity contribution in [1.82, 2.24) is 14.7 Å². The molecule has 2 fully saturated rings. The summed E-state index contributed by atoms with van der Waals surface area (Å²) in [6.07, 6.45) is 1.21. The van der Waals surface area contributed by atoms with Crippen molar-refractivity contribution >= 4 is 11.9 Å². The van der Waals surface area contributed by atoms with E-state index in [9.17, 15) is 9.59 Å². The van der Waals surface area contributed by atoms with Crippen molar-refractivity contribution in [1.29, 1.82) is 0 Å². The highest BCUT2D eigenvalue weighted by Gasteiger charge is 2.56. The van der Waals surface area contributed by atoms with Gasteiger partial charge < -0.3 is 19.1 Å². The predicted octanol–water partition coefficient (Wildman–Crippen LogP) is 3.14. The molecule has 0 N–H and O–H groups in total. The lowest BCUT2D eigenvalue weighted by Crippen LogP contribution is -2.55. The van der Waals surface area contributed by atoms with Gasteiger partial charge in [0.25, 0.3) is 5.91 Å². The standard InChI is InChI=1S/C25H31N3O5/c1-26-24(30)28(17-19-13-21(32-3)15-22(14-19)33-4)23(29)25(26)8-10-27(11-9-25)16-18-6-5-7-20(12-18)31-2/h5-7,12-15H,8-11,16-17H2,1-4H3. The van der Waals surface area contributed by atoms with Gasteiger partial charge in [0.1, 0.15) is 22.8 Å². The molecule has 3 amide bonds. The first-order valence-corrected chi connectivity index (χ1v) is 11.1. The van der Waals surface area contributed by atoms with E-state index in [4.69, 9.17) is 14.2 Å². The molecule has 8 heteroatoms. The molecule has 8 nitrogen and oxygen atoms in total. The van der Waals surface area contributed by atoms with Crippen LogP contribution >= 0.6 is 0 Å². The number of amides is 3. The second kappa shape index (κ2) is 9.31. The van der Waals surface area contributed by atoms with Crippen LogP contribution in [-0.4, -0.2) is 73.6 Å². The lowest BCUT2D eigenvalue weighted by atomic mass is 9.86. The van der Waals surface area contributed by atoms with Crippen LogP contribution in [0, 0.1) is 0 Å². The van der Waals surface area contributed by atoms with E-state index < -0.39 is 5.54 Å². The van der Waals surface area contributed by atoms with Gasteiger partial charge in [-0.3, -0.25) is 14.6 Å². The molecule has 2 aliphatic rings. The molecule has 2 heterocycles. The number of rotatable bonds is 7. The number of hydrogen-bond donors (Lipinski definition) is 0. The quantitative estimate of drug-likeness (QED) is 0.600. The Kier molecular flexibility index (Phi) is 6.47. The van der Waals surface area contributed by atoms with Crippen LogP contribution in [0.2, 0.25) is 0 Å². The van der Waals surface area contributed by atoms with Crippen molar-refractivity contribution in [3.63, 3.8) is 0 Å². The number of carbonyl (C=O) groups is 2. The average molecular weight is 454 g/mol. The minimum atomic E-state index is -0.787. The van der Waals surface area contributed by atoms with Crippen LogP contribution in [0.1, 0.15) is 24.0 Å². The van der Waals surface area contributed by atoms with Crippen molar-refractivity contribution in [2.24, 2.45) is 0 Å². The van der Waals surface area contributed by atoms with Crippen molar-refractivity contribution in [2.75, 3.05) is 41.5 Å². The molecular weight excluding hydrogens is 422 g/mol. The van der Waals surface area contributed by atoms with Gasteiger partial charge >= 0.3 is 6.03 Å². The highest BCUT2D eigenvalue weighted by Crippen LogP contribution is 2.37. The monoisotopic (exact) mass is 453 g/mol. The Labute approximate surface area is 194 Å². The van der Waals surface area contributed by atoms with Gasteiger partial charge in [0, 0.05) is 32.7 Å². The number of carbonyl (C=O) groups excluding carboxylic acids is 2. The second-order valence-electron chi connectivity index (χ2n) is 8.61. The number of methoxy groups -OCH3 is 3. The third-order valence-corrected chi connectivity index (χ3v) is 6.78. The van der Waals surface area contributed by atoms with Gasteiger partial charge in [-0.2, -0.15) is 0 Å². The van der Waals surface area contributed by atoms with Gasteiger partial charge in [-0.15, -0.1) is 0 Å². The highest BCUT2D eigenvalue weighted by molar-refractivity contribution is 6.07. The summed E-state index contributed by atoms with van der Waals surface area (Å²) in [4.78, 5) is 31.9. The SMILES string of the molecule is COc1cccc(CN2CCC3(CC2)C(=O)N(Cc2cc(OC)cc(OC)c2)C(=O)N3C)c1. The molecule has 2 aliphatic heterocycles. The molecule has 0 bridgehead atoms. The van der Waals surface area contributed by atoms with Crippen LogP contribution in [0.3, 0.4) is 0 Å². The molecule has 0 radical (unpaired) electrons. The summed E-state index contributed by atoms with van der Waals surface area (Å²) in [6, 6.07) is 13.2. The normalized spacial score (nSPS) is 18.2. The van der Waals surface area contributed by atoms with E-state index in [0.717, 1.165) is 30.9 Å². The molecule has 0 aliphatic carbocycles. The Morgan fingerprint density at radius 2 is 1.42 bits per heavy atom. The predicted molar refractivity (Wildman–Crippen MR) is 123 cm³/mol. The highest BCUT2D eigenvalue weighted by atomic mass is 16.5. The van der Waals surface area contributed by atoms with Crippen molar-refractivity contribution in [3.05, 3.63) is 53.6 Å². The smallest absolute Gasteiger partial charge is 0.327 e. The summed E-state index contributed by atoms with van der Waals surface area (Å²) < 4.78 is 16.0. The van der Waals surface area contributed by atoms with E-state index in [-0.39, 0.29) is 18.5 Å². The average Bonchev–Trinajstić information content (AvgIpc) is 3.01. The Hall–Kier alpha value is -3.26. The van der Waals surface area contributed by atoms with Gasteiger partial charge in [0.2, 0.25) is 0 Å². The fraction of sp³-hybridized carbons (Fsp3) is 0.440. The molecule has 1 spiro atoms. The lowest BCUT2D eigenvalue weighted by molar-refractivity contribution is -0.135. The third kappa shape index (κ3) is 4.35. The molecular formula is C25H31N3O5. The number of likely N-dealkylation sites (tertiary alicyclic amines) is 1. The van der Waals surface area contributed by atoms with Crippen LogP contribution in [-0.2, 0) is 17.9 Å². The maximum atomic E-state index is 13.5. The zero-order valence-corrected chi connectivity index (χ0v) is 19.7. The van der Waals surface area contributed by atoms with E-state index in [0.29, 0.717) is 24.3 Å². The molecule has 0 atom stereocenters. The number of hydrogen-bond acceptors (Lipinski definition) is 6. The van der Waals surface area contributed by atoms with Crippen LogP contribution in [0.4, 0.5) is 4.79 Å². The van der Waals surface area contributed by atoms with Crippen LogP contribution in [0.25, 0.3) is 0 Å². The van der Waals surface area contributed by atoms with Gasteiger partial charge in [-0.25, -0.2) is 4.79 Å². The number of benzene rings is 2. The van der Waals surface area contributed by atoms with E-state index in [1.165, 1.54) is 10.5 Å². The molecule has 0 unspecified atom stereocenters. The van der Waals surface area contributed by atoms with E-state index in [1.807, 2.05) is 30.3 Å². The Morgan fingerprint density at radius 3 is 2.03 bits per heavy atom. The van der Waals surface area contributed by atoms with Gasteiger partial charge in [0.15, 0.2) is 0 Å². The van der Waals surface area contributed by atoms with E-state index >= 15 is 0 Å². The van der Waals surface area contributed by atoms with Gasteiger partial charge in [-0.05, 0) is 48.2 Å². The molecule has 2 aromatic rings. The molecule has 2 saturated heterocycles. The molecule has 0 saturated carbocycles. The summed E-state index contributed by atoms with van der Waals surface area (Å²) in [5, 5.41) is 0. The van der Waals surface area contributed by atoms with Gasteiger partial charge in [-0.1, -0.05) is 12.1 Å². The number of imide groups is 1. The van der Waals surface area contributed by atoms with Crippen LogP contribution < -0.4 is 14.2 Å². The summed E-state index contributed by atoms with van der Waals surface area (Å²) in [6.45, 7) is 2.44. The Balaban J connectivity index is 1.46. The first-order valence-electron chi connectivity index (χ1n) is 11.1. The molecule has 2 aromatic carbocycles. The second-order valence-corrected chi connectivity index (χ2v) is 8.61. The van der Waals surface area contributed by atoms with Crippen molar-refractivity contribution in [2.45, 2.75) is 31.5 Å². The molecule has 176 valence electrons.